The standard InChI is InChI=1S/C22H24N8O/c1-28-7-5-18(27-28)17-2-3-19-20(13-17)25-22(24-19)26-21-12-16(4-6-23-21)14-29-8-10-30(15-31)11-9-29/h2-7,12-13,15H,8-11,14H2,1H3,(H2,23,24,25,26). The molecule has 9 heteroatoms. The zero-order valence-corrected chi connectivity index (χ0v) is 17.3. The number of aromatic nitrogens is 5. The summed E-state index contributed by atoms with van der Waals surface area (Å²) in [5.41, 5.74) is 4.96. The molecule has 1 saturated heterocycles. The Morgan fingerprint density at radius 1 is 1.13 bits per heavy atom. The Hall–Kier alpha value is -3.72. The number of aromatic amines is 1. The molecule has 5 rings (SSSR count). The van der Waals surface area contributed by atoms with Gasteiger partial charge < -0.3 is 15.2 Å². The Kier molecular flexibility index (Phi) is 5.09. The van der Waals surface area contributed by atoms with E-state index in [0.717, 1.165) is 67.2 Å². The topological polar surface area (TPSA) is 95.0 Å². The number of rotatable bonds is 6. The molecule has 0 radical (unpaired) electrons. The van der Waals surface area contributed by atoms with Gasteiger partial charge in [-0.1, -0.05) is 6.07 Å². The van der Waals surface area contributed by atoms with Gasteiger partial charge >= 0.3 is 0 Å². The zero-order chi connectivity index (χ0) is 21.2. The molecular formula is C22H24N8O. The number of piperazine rings is 1. The summed E-state index contributed by atoms with van der Waals surface area (Å²) < 4.78 is 1.79. The third kappa shape index (κ3) is 4.26. The molecule has 1 amide bonds. The van der Waals surface area contributed by atoms with Crippen molar-refractivity contribution < 1.29 is 4.79 Å². The first-order valence-corrected chi connectivity index (χ1v) is 10.3. The molecule has 1 fully saturated rings. The average molecular weight is 416 g/mol. The normalized spacial score (nSPS) is 14.8. The molecule has 1 aromatic carbocycles. The summed E-state index contributed by atoms with van der Waals surface area (Å²) in [6, 6.07) is 12.1. The second-order valence-corrected chi connectivity index (χ2v) is 7.78. The quantitative estimate of drug-likeness (QED) is 0.469. The van der Waals surface area contributed by atoms with Gasteiger partial charge in [0.15, 0.2) is 0 Å². The molecule has 1 aliphatic heterocycles. The number of hydrogen-bond donors (Lipinski definition) is 2. The molecule has 0 unspecified atom stereocenters. The van der Waals surface area contributed by atoms with Crippen LogP contribution in [0.2, 0.25) is 0 Å². The first-order chi connectivity index (χ1) is 15.2. The third-order valence-electron chi connectivity index (χ3n) is 5.52. The van der Waals surface area contributed by atoms with Crippen LogP contribution in [-0.4, -0.2) is 67.1 Å². The SMILES string of the molecule is Cn1ccc(-c2ccc3nc(Nc4cc(CN5CCN(C=O)CC5)ccn4)[nH]c3c2)n1. The summed E-state index contributed by atoms with van der Waals surface area (Å²) in [7, 11) is 1.91. The molecule has 4 aromatic rings. The predicted octanol–water partition coefficient (Wildman–Crippen LogP) is 2.38. The minimum absolute atomic E-state index is 0.650. The van der Waals surface area contributed by atoms with Gasteiger partial charge in [-0.25, -0.2) is 9.97 Å². The van der Waals surface area contributed by atoms with E-state index in [1.807, 2.05) is 48.5 Å². The zero-order valence-electron chi connectivity index (χ0n) is 17.3. The molecule has 31 heavy (non-hydrogen) atoms. The highest BCUT2D eigenvalue weighted by Gasteiger charge is 2.15. The van der Waals surface area contributed by atoms with E-state index >= 15 is 0 Å². The molecular weight excluding hydrogens is 392 g/mol. The van der Waals surface area contributed by atoms with Crippen molar-refractivity contribution in [3.63, 3.8) is 0 Å². The molecule has 0 atom stereocenters. The van der Waals surface area contributed by atoms with Gasteiger partial charge in [-0.2, -0.15) is 5.10 Å². The van der Waals surface area contributed by atoms with Crippen molar-refractivity contribution in [3.05, 3.63) is 54.4 Å². The molecule has 9 nitrogen and oxygen atoms in total. The van der Waals surface area contributed by atoms with Crippen LogP contribution < -0.4 is 5.32 Å². The summed E-state index contributed by atoms with van der Waals surface area (Å²) in [4.78, 5) is 27.4. The number of amides is 1. The number of benzene rings is 1. The van der Waals surface area contributed by atoms with Crippen LogP contribution in [0.15, 0.2) is 48.8 Å². The average Bonchev–Trinajstić information content (AvgIpc) is 3.39. The molecule has 0 aliphatic carbocycles. The van der Waals surface area contributed by atoms with Crippen molar-refractivity contribution in [2.75, 3.05) is 31.5 Å². The van der Waals surface area contributed by atoms with Crippen LogP contribution in [-0.2, 0) is 18.4 Å². The highest BCUT2D eigenvalue weighted by Crippen LogP contribution is 2.24. The van der Waals surface area contributed by atoms with Gasteiger partial charge in [0.2, 0.25) is 12.4 Å². The van der Waals surface area contributed by atoms with Crippen molar-refractivity contribution >= 4 is 29.2 Å². The van der Waals surface area contributed by atoms with E-state index < -0.39 is 0 Å². The van der Waals surface area contributed by atoms with Crippen molar-refractivity contribution in [1.29, 1.82) is 0 Å². The maximum absolute atomic E-state index is 10.9. The van der Waals surface area contributed by atoms with E-state index in [1.165, 1.54) is 5.56 Å². The first kappa shape index (κ1) is 19.3. The molecule has 2 N–H and O–H groups in total. The summed E-state index contributed by atoms with van der Waals surface area (Å²) in [6.07, 6.45) is 4.67. The Balaban J connectivity index is 1.29. The summed E-state index contributed by atoms with van der Waals surface area (Å²) in [5, 5.41) is 7.74. The Labute approximate surface area is 179 Å². The molecule has 3 aromatic heterocycles. The number of carbonyl (C=O) groups is 1. The lowest BCUT2D eigenvalue weighted by Gasteiger charge is -2.32. The number of carbonyl (C=O) groups excluding carboxylic acids is 1. The maximum Gasteiger partial charge on any atom is 0.209 e. The summed E-state index contributed by atoms with van der Waals surface area (Å²) >= 11 is 0. The second-order valence-electron chi connectivity index (χ2n) is 7.78. The van der Waals surface area contributed by atoms with Crippen LogP contribution in [0.3, 0.4) is 0 Å². The van der Waals surface area contributed by atoms with Gasteiger partial charge in [0.25, 0.3) is 0 Å². The van der Waals surface area contributed by atoms with Crippen LogP contribution in [0.25, 0.3) is 22.3 Å². The van der Waals surface area contributed by atoms with Gasteiger partial charge in [-0.3, -0.25) is 14.4 Å². The van der Waals surface area contributed by atoms with E-state index in [9.17, 15) is 4.79 Å². The molecule has 4 heterocycles. The first-order valence-electron chi connectivity index (χ1n) is 10.3. The van der Waals surface area contributed by atoms with E-state index in [-0.39, 0.29) is 0 Å². The van der Waals surface area contributed by atoms with Crippen LogP contribution in [0, 0.1) is 0 Å². The van der Waals surface area contributed by atoms with Gasteiger partial charge in [0.05, 0.1) is 16.7 Å². The molecule has 0 saturated carbocycles. The van der Waals surface area contributed by atoms with E-state index in [1.54, 1.807) is 10.9 Å². The van der Waals surface area contributed by atoms with E-state index in [0.29, 0.717) is 5.95 Å². The Morgan fingerprint density at radius 2 is 2.00 bits per heavy atom. The fourth-order valence-corrected chi connectivity index (χ4v) is 3.84. The minimum Gasteiger partial charge on any atom is -0.343 e. The number of anilines is 2. The van der Waals surface area contributed by atoms with Crippen molar-refractivity contribution in [2.24, 2.45) is 7.05 Å². The van der Waals surface area contributed by atoms with E-state index in [2.05, 4.69) is 36.3 Å². The lowest BCUT2D eigenvalue weighted by atomic mass is 10.1. The number of pyridine rings is 1. The van der Waals surface area contributed by atoms with Crippen molar-refractivity contribution in [3.8, 4) is 11.3 Å². The number of hydrogen-bond acceptors (Lipinski definition) is 6. The Bertz CT molecular complexity index is 1210. The second kappa shape index (κ2) is 8.19. The van der Waals surface area contributed by atoms with Crippen LogP contribution in [0.5, 0.6) is 0 Å². The van der Waals surface area contributed by atoms with Gasteiger partial charge in [0.1, 0.15) is 5.82 Å². The number of H-pyrrole nitrogens is 1. The fourth-order valence-electron chi connectivity index (χ4n) is 3.84. The number of imidazole rings is 1. The number of nitrogens with one attached hydrogen (secondary N) is 2. The van der Waals surface area contributed by atoms with Crippen molar-refractivity contribution in [2.45, 2.75) is 6.54 Å². The number of fused-ring (bicyclic) bond motifs is 1. The number of nitrogens with zero attached hydrogens (tertiary/aromatic N) is 6. The summed E-state index contributed by atoms with van der Waals surface area (Å²) in [6.45, 7) is 4.15. The predicted molar refractivity (Wildman–Crippen MR) is 119 cm³/mol. The minimum atomic E-state index is 0.650. The molecule has 1 aliphatic rings. The van der Waals surface area contributed by atoms with Crippen molar-refractivity contribution in [1.82, 2.24) is 34.5 Å². The van der Waals surface area contributed by atoms with E-state index in [4.69, 9.17) is 0 Å². The monoisotopic (exact) mass is 416 g/mol. The third-order valence-corrected chi connectivity index (χ3v) is 5.52. The van der Waals surface area contributed by atoms with Gasteiger partial charge in [-0.15, -0.1) is 0 Å². The van der Waals surface area contributed by atoms with Crippen LogP contribution in [0.4, 0.5) is 11.8 Å². The highest BCUT2D eigenvalue weighted by molar-refractivity contribution is 5.83. The van der Waals surface area contributed by atoms with Crippen LogP contribution >= 0.6 is 0 Å². The molecule has 0 bridgehead atoms. The Morgan fingerprint density at radius 3 is 2.77 bits per heavy atom. The smallest absolute Gasteiger partial charge is 0.209 e. The van der Waals surface area contributed by atoms with Crippen LogP contribution in [0.1, 0.15) is 5.56 Å². The number of aryl methyl sites for hydroxylation is 1. The molecule has 0 spiro atoms. The lowest BCUT2D eigenvalue weighted by Crippen LogP contribution is -2.45. The summed E-state index contributed by atoms with van der Waals surface area (Å²) in [5.74, 6) is 1.39. The fraction of sp³-hybridized carbons (Fsp3) is 0.273. The van der Waals surface area contributed by atoms with Gasteiger partial charge in [-0.05, 0) is 35.9 Å². The maximum atomic E-state index is 10.9. The largest absolute Gasteiger partial charge is 0.343 e. The lowest BCUT2D eigenvalue weighted by molar-refractivity contribution is -0.119. The highest BCUT2D eigenvalue weighted by atomic mass is 16.1. The van der Waals surface area contributed by atoms with Gasteiger partial charge in [0, 0.05) is 57.7 Å². The molecule has 158 valence electrons.